The molecule has 0 aliphatic carbocycles. The summed E-state index contributed by atoms with van der Waals surface area (Å²) in [5.74, 6) is 0.822. The minimum atomic E-state index is 0.490. The van der Waals surface area contributed by atoms with E-state index < -0.39 is 0 Å². The van der Waals surface area contributed by atoms with Gasteiger partial charge in [-0.1, -0.05) is 22.9 Å². The third-order valence-corrected chi connectivity index (χ3v) is 3.79. The summed E-state index contributed by atoms with van der Waals surface area (Å²) in [6.07, 6.45) is 0.934. The lowest BCUT2D eigenvalue weighted by Gasteiger charge is -2.08. The molecule has 0 bridgehead atoms. The van der Waals surface area contributed by atoms with Crippen LogP contribution in [0.15, 0.2) is 28.7 Å². The molecule has 0 amide bonds. The molecule has 19 heavy (non-hydrogen) atoms. The quantitative estimate of drug-likeness (QED) is 0.920. The van der Waals surface area contributed by atoms with Crippen LogP contribution in [-0.4, -0.2) is 9.78 Å². The normalized spacial score (nSPS) is 10.7. The number of rotatable bonds is 5. The number of ether oxygens (including phenoxy) is 1. The SMILES string of the molecule is CCc1cc(COc2ccc(Br)c(CN)c2)n(C)n1. The van der Waals surface area contributed by atoms with Crippen LogP contribution >= 0.6 is 15.9 Å². The van der Waals surface area contributed by atoms with E-state index in [1.807, 2.05) is 29.9 Å². The first-order chi connectivity index (χ1) is 9.13. The molecule has 0 aliphatic rings. The molecular weight excluding hydrogens is 306 g/mol. The molecular formula is C14H18BrN3O. The second-order valence-electron chi connectivity index (χ2n) is 4.35. The Labute approximate surface area is 121 Å². The Morgan fingerprint density at radius 1 is 1.37 bits per heavy atom. The highest BCUT2D eigenvalue weighted by Gasteiger charge is 2.06. The standard InChI is InChI=1S/C14H18BrN3O/c1-3-11-7-12(18(2)17-11)9-19-13-4-5-14(15)10(6-13)8-16/h4-7H,3,8-9,16H2,1-2H3. The van der Waals surface area contributed by atoms with Crippen molar-refractivity contribution in [2.24, 2.45) is 12.8 Å². The summed E-state index contributed by atoms with van der Waals surface area (Å²) in [4.78, 5) is 0. The molecule has 0 radical (unpaired) electrons. The topological polar surface area (TPSA) is 53.1 Å². The van der Waals surface area contributed by atoms with Gasteiger partial charge >= 0.3 is 0 Å². The molecule has 102 valence electrons. The molecule has 4 nitrogen and oxygen atoms in total. The third kappa shape index (κ3) is 3.36. The summed E-state index contributed by atoms with van der Waals surface area (Å²) in [5, 5.41) is 4.40. The van der Waals surface area contributed by atoms with Gasteiger partial charge in [0.05, 0.1) is 11.4 Å². The van der Waals surface area contributed by atoms with Crippen molar-refractivity contribution in [2.75, 3.05) is 0 Å². The predicted molar refractivity (Wildman–Crippen MR) is 79.0 cm³/mol. The van der Waals surface area contributed by atoms with E-state index in [-0.39, 0.29) is 0 Å². The molecule has 1 heterocycles. The molecule has 0 atom stereocenters. The lowest BCUT2D eigenvalue weighted by Crippen LogP contribution is -2.04. The van der Waals surface area contributed by atoms with Gasteiger partial charge in [-0.3, -0.25) is 4.68 Å². The van der Waals surface area contributed by atoms with Crippen LogP contribution in [-0.2, 0) is 26.6 Å². The van der Waals surface area contributed by atoms with Crippen LogP contribution < -0.4 is 10.5 Å². The highest BCUT2D eigenvalue weighted by Crippen LogP contribution is 2.23. The maximum atomic E-state index is 5.79. The number of nitrogens with zero attached hydrogens (tertiary/aromatic N) is 2. The van der Waals surface area contributed by atoms with E-state index in [2.05, 4.69) is 34.0 Å². The fourth-order valence-electron chi connectivity index (χ4n) is 1.83. The molecule has 0 aliphatic heterocycles. The number of benzene rings is 1. The van der Waals surface area contributed by atoms with Crippen molar-refractivity contribution < 1.29 is 4.74 Å². The van der Waals surface area contributed by atoms with Gasteiger partial charge in [0.15, 0.2) is 0 Å². The van der Waals surface area contributed by atoms with Gasteiger partial charge in [0.2, 0.25) is 0 Å². The molecule has 0 unspecified atom stereocenters. The average molecular weight is 324 g/mol. The number of hydrogen-bond acceptors (Lipinski definition) is 3. The van der Waals surface area contributed by atoms with Crippen LogP contribution in [0.5, 0.6) is 5.75 Å². The minimum absolute atomic E-state index is 0.490. The van der Waals surface area contributed by atoms with E-state index in [0.29, 0.717) is 13.2 Å². The molecule has 2 rings (SSSR count). The van der Waals surface area contributed by atoms with Gasteiger partial charge in [-0.25, -0.2) is 0 Å². The van der Waals surface area contributed by atoms with Crippen LogP contribution in [0, 0.1) is 0 Å². The summed E-state index contributed by atoms with van der Waals surface area (Å²) in [6, 6.07) is 7.92. The van der Waals surface area contributed by atoms with Gasteiger partial charge < -0.3 is 10.5 Å². The second kappa shape index (κ2) is 6.21. The van der Waals surface area contributed by atoms with Crippen molar-refractivity contribution in [3.05, 3.63) is 45.7 Å². The summed E-state index contributed by atoms with van der Waals surface area (Å²) in [6.45, 7) is 3.09. The van der Waals surface area contributed by atoms with Crippen LogP contribution in [0.1, 0.15) is 23.9 Å². The summed E-state index contributed by atoms with van der Waals surface area (Å²) >= 11 is 3.46. The van der Waals surface area contributed by atoms with Gasteiger partial charge in [-0.2, -0.15) is 5.10 Å². The van der Waals surface area contributed by atoms with Crippen molar-refractivity contribution in [2.45, 2.75) is 26.5 Å². The molecule has 0 spiro atoms. The maximum Gasteiger partial charge on any atom is 0.130 e. The lowest BCUT2D eigenvalue weighted by atomic mass is 10.2. The molecule has 0 saturated heterocycles. The number of aryl methyl sites for hydroxylation is 2. The minimum Gasteiger partial charge on any atom is -0.487 e. The first-order valence-corrected chi connectivity index (χ1v) is 7.06. The van der Waals surface area contributed by atoms with Gasteiger partial charge in [-0.05, 0) is 36.2 Å². The third-order valence-electron chi connectivity index (χ3n) is 3.01. The predicted octanol–water partition coefficient (Wildman–Crippen LogP) is 2.78. The van der Waals surface area contributed by atoms with E-state index in [1.165, 1.54) is 0 Å². The average Bonchev–Trinajstić information content (AvgIpc) is 2.78. The first kappa shape index (κ1) is 14.1. The van der Waals surface area contributed by atoms with E-state index >= 15 is 0 Å². The number of nitrogens with two attached hydrogens (primary N) is 1. The van der Waals surface area contributed by atoms with E-state index in [9.17, 15) is 0 Å². The van der Waals surface area contributed by atoms with Crippen LogP contribution in [0.3, 0.4) is 0 Å². The molecule has 0 saturated carbocycles. The molecule has 0 fully saturated rings. The Bertz CT molecular complexity index is 566. The number of halogens is 1. The van der Waals surface area contributed by atoms with Crippen molar-refractivity contribution in [1.29, 1.82) is 0 Å². The molecule has 5 heteroatoms. The zero-order chi connectivity index (χ0) is 13.8. The van der Waals surface area contributed by atoms with Crippen LogP contribution in [0.2, 0.25) is 0 Å². The van der Waals surface area contributed by atoms with E-state index in [0.717, 1.165) is 33.6 Å². The number of hydrogen-bond donors (Lipinski definition) is 1. The Morgan fingerprint density at radius 2 is 2.16 bits per heavy atom. The Balaban J connectivity index is 2.07. The maximum absolute atomic E-state index is 5.79. The zero-order valence-corrected chi connectivity index (χ0v) is 12.8. The Morgan fingerprint density at radius 3 is 2.79 bits per heavy atom. The highest BCUT2D eigenvalue weighted by atomic mass is 79.9. The lowest BCUT2D eigenvalue weighted by molar-refractivity contribution is 0.294. The van der Waals surface area contributed by atoms with E-state index in [4.69, 9.17) is 10.5 Å². The van der Waals surface area contributed by atoms with Gasteiger partial charge in [-0.15, -0.1) is 0 Å². The smallest absolute Gasteiger partial charge is 0.130 e. The van der Waals surface area contributed by atoms with Crippen LogP contribution in [0.4, 0.5) is 0 Å². The highest BCUT2D eigenvalue weighted by molar-refractivity contribution is 9.10. The first-order valence-electron chi connectivity index (χ1n) is 6.27. The summed E-state index contributed by atoms with van der Waals surface area (Å²) < 4.78 is 8.66. The fourth-order valence-corrected chi connectivity index (χ4v) is 2.24. The Hall–Kier alpha value is -1.33. The zero-order valence-electron chi connectivity index (χ0n) is 11.2. The second-order valence-corrected chi connectivity index (χ2v) is 5.20. The van der Waals surface area contributed by atoms with Crippen LogP contribution in [0.25, 0.3) is 0 Å². The van der Waals surface area contributed by atoms with Gasteiger partial charge in [0, 0.05) is 18.1 Å². The molecule has 2 aromatic rings. The molecule has 1 aromatic heterocycles. The van der Waals surface area contributed by atoms with Gasteiger partial charge in [0.25, 0.3) is 0 Å². The van der Waals surface area contributed by atoms with E-state index in [1.54, 1.807) is 0 Å². The number of aromatic nitrogens is 2. The molecule has 1 aromatic carbocycles. The van der Waals surface area contributed by atoms with Crippen molar-refractivity contribution in [3.8, 4) is 5.75 Å². The van der Waals surface area contributed by atoms with Gasteiger partial charge in [0.1, 0.15) is 12.4 Å². The largest absolute Gasteiger partial charge is 0.487 e. The fraction of sp³-hybridized carbons (Fsp3) is 0.357. The van der Waals surface area contributed by atoms with Crippen molar-refractivity contribution in [3.63, 3.8) is 0 Å². The summed E-state index contributed by atoms with van der Waals surface area (Å²) in [5.41, 5.74) is 8.86. The monoisotopic (exact) mass is 323 g/mol. The summed E-state index contributed by atoms with van der Waals surface area (Å²) in [7, 11) is 1.94. The van der Waals surface area contributed by atoms with Crippen molar-refractivity contribution in [1.82, 2.24) is 9.78 Å². The Kier molecular flexibility index (Phi) is 4.61. The molecule has 2 N–H and O–H groups in total. The van der Waals surface area contributed by atoms with Crippen molar-refractivity contribution >= 4 is 15.9 Å².